The monoisotopic (exact) mass is 442 g/mol. The van der Waals surface area contributed by atoms with Gasteiger partial charge in [-0.3, -0.25) is 14.3 Å². The van der Waals surface area contributed by atoms with Crippen molar-refractivity contribution in [1.29, 1.82) is 0 Å². The average Bonchev–Trinajstić information content (AvgIpc) is 3.13. The maximum absolute atomic E-state index is 12.5. The molecule has 1 atom stereocenters. The molecular formula is C21H22N4O5S. The number of fused-ring (bicyclic) bond motifs is 2. The van der Waals surface area contributed by atoms with Crippen LogP contribution in [-0.4, -0.2) is 54.4 Å². The summed E-state index contributed by atoms with van der Waals surface area (Å²) < 4.78 is 8.67. The molecule has 2 aromatic heterocycles. The first-order valence-electron chi connectivity index (χ1n) is 9.71. The second-order valence-electron chi connectivity index (χ2n) is 7.01. The normalized spacial score (nSPS) is 12.5. The van der Waals surface area contributed by atoms with E-state index < -0.39 is 17.4 Å². The lowest BCUT2D eigenvalue weighted by molar-refractivity contribution is 0.0921. The van der Waals surface area contributed by atoms with Crippen LogP contribution in [-0.2, 0) is 13.6 Å². The Balaban J connectivity index is 1.61. The average molecular weight is 442 g/mol. The molecule has 0 spiro atoms. The third-order valence-corrected chi connectivity index (χ3v) is 5.83. The van der Waals surface area contributed by atoms with Gasteiger partial charge in [-0.15, -0.1) is 0 Å². The molecule has 0 aliphatic heterocycles. The molecule has 9 nitrogen and oxygen atoms in total. The zero-order valence-corrected chi connectivity index (χ0v) is 17.6. The lowest BCUT2D eigenvalue weighted by Crippen LogP contribution is -2.30. The largest absolute Gasteiger partial charge is 0.490 e. The molecule has 0 fully saturated rings. The summed E-state index contributed by atoms with van der Waals surface area (Å²) in [4.78, 5) is 31.0. The molecule has 31 heavy (non-hydrogen) atoms. The number of aliphatic hydroxyl groups excluding tert-OH is 2. The van der Waals surface area contributed by atoms with Crippen molar-refractivity contribution in [1.82, 2.24) is 19.1 Å². The van der Waals surface area contributed by atoms with Crippen molar-refractivity contribution in [2.45, 2.75) is 17.8 Å². The predicted octanol–water partition coefficient (Wildman–Crippen LogP) is 1.10. The lowest BCUT2D eigenvalue weighted by atomic mass is 10.1. The number of aliphatic hydroxyl groups is 2. The van der Waals surface area contributed by atoms with Crippen molar-refractivity contribution in [3.8, 4) is 5.75 Å². The third kappa shape index (κ3) is 4.22. The van der Waals surface area contributed by atoms with E-state index >= 15 is 0 Å². The number of hydrogen-bond acceptors (Lipinski definition) is 7. The number of nitrogens with one attached hydrogen (secondary N) is 1. The van der Waals surface area contributed by atoms with Gasteiger partial charge in [-0.2, -0.15) is 0 Å². The predicted molar refractivity (Wildman–Crippen MR) is 119 cm³/mol. The number of aromatic nitrogens is 4. The van der Waals surface area contributed by atoms with Crippen LogP contribution < -0.4 is 16.0 Å². The van der Waals surface area contributed by atoms with Crippen LogP contribution in [0.1, 0.15) is 0 Å². The number of nitrogens with zero attached hydrogens (tertiary/aromatic N) is 3. The number of H-pyrrole nitrogens is 1. The summed E-state index contributed by atoms with van der Waals surface area (Å²) in [6.45, 7) is -0.0341. The van der Waals surface area contributed by atoms with E-state index in [2.05, 4.69) is 9.97 Å². The Kier molecular flexibility index (Phi) is 6.12. The van der Waals surface area contributed by atoms with Crippen LogP contribution in [0.25, 0.3) is 21.9 Å². The van der Waals surface area contributed by atoms with Gasteiger partial charge in [0.05, 0.1) is 13.2 Å². The summed E-state index contributed by atoms with van der Waals surface area (Å²) in [5.41, 5.74) is -0.743. The van der Waals surface area contributed by atoms with Crippen LogP contribution in [0.15, 0.2) is 57.2 Å². The molecule has 4 rings (SSSR count). The summed E-state index contributed by atoms with van der Waals surface area (Å²) in [6.07, 6.45) is -0.943. The second kappa shape index (κ2) is 8.96. The van der Waals surface area contributed by atoms with Gasteiger partial charge in [0, 0.05) is 18.2 Å². The molecule has 0 radical (unpaired) electrons. The number of thioether (sulfide) groups is 1. The topological polar surface area (TPSA) is 122 Å². The van der Waals surface area contributed by atoms with Gasteiger partial charge in [0.15, 0.2) is 16.3 Å². The summed E-state index contributed by atoms with van der Waals surface area (Å²) >= 11 is 1.24. The van der Waals surface area contributed by atoms with Crippen molar-refractivity contribution in [2.75, 3.05) is 19.0 Å². The Morgan fingerprint density at radius 2 is 1.97 bits per heavy atom. The van der Waals surface area contributed by atoms with E-state index in [1.54, 1.807) is 4.57 Å². The Labute approximate surface area is 180 Å². The van der Waals surface area contributed by atoms with Crippen molar-refractivity contribution in [3.63, 3.8) is 0 Å². The van der Waals surface area contributed by atoms with Crippen LogP contribution in [0, 0.1) is 0 Å². The van der Waals surface area contributed by atoms with E-state index in [4.69, 9.17) is 4.74 Å². The summed E-state index contributed by atoms with van der Waals surface area (Å²) in [6, 6.07) is 13.5. The number of ether oxygens (including phenoxy) is 1. The quantitative estimate of drug-likeness (QED) is 0.349. The Hall–Kier alpha value is -3.08. The van der Waals surface area contributed by atoms with Crippen LogP contribution in [0.3, 0.4) is 0 Å². The Morgan fingerprint density at radius 1 is 1.19 bits per heavy atom. The van der Waals surface area contributed by atoms with Gasteiger partial charge in [0.2, 0.25) is 0 Å². The smallest absolute Gasteiger partial charge is 0.329 e. The van der Waals surface area contributed by atoms with Gasteiger partial charge < -0.3 is 19.5 Å². The van der Waals surface area contributed by atoms with Crippen LogP contribution in [0.5, 0.6) is 5.75 Å². The highest BCUT2D eigenvalue weighted by molar-refractivity contribution is 7.99. The van der Waals surface area contributed by atoms with Crippen molar-refractivity contribution < 1.29 is 14.9 Å². The van der Waals surface area contributed by atoms with Gasteiger partial charge in [-0.1, -0.05) is 48.2 Å². The zero-order valence-electron chi connectivity index (χ0n) is 16.8. The van der Waals surface area contributed by atoms with Gasteiger partial charge in [-0.05, 0) is 11.5 Å². The van der Waals surface area contributed by atoms with E-state index in [0.29, 0.717) is 16.7 Å². The molecule has 0 saturated heterocycles. The minimum absolute atomic E-state index is 0.00144. The van der Waals surface area contributed by atoms with Crippen molar-refractivity contribution >= 4 is 33.7 Å². The third-order valence-electron chi connectivity index (χ3n) is 4.87. The SMILES string of the molecule is Cn1c(=O)[nH]c(=O)c2c1nc(SCCO)n2CC(O)COc1cccc2ccccc12. The Bertz CT molecular complexity index is 1340. The molecule has 0 bridgehead atoms. The summed E-state index contributed by atoms with van der Waals surface area (Å²) in [5.74, 6) is 1.01. The van der Waals surface area contributed by atoms with Crippen molar-refractivity contribution in [2.24, 2.45) is 7.05 Å². The van der Waals surface area contributed by atoms with Crippen LogP contribution in [0.2, 0.25) is 0 Å². The van der Waals surface area contributed by atoms with Gasteiger partial charge in [-0.25, -0.2) is 9.78 Å². The maximum Gasteiger partial charge on any atom is 0.329 e. The summed E-state index contributed by atoms with van der Waals surface area (Å²) in [5, 5.41) is 22.2. The minimum atomic E-state index is -0.943. The highest BCUT2D eigenvalue weighted by Gasteiger charge is 2.20. The van der Waals surface area contributed by atoms with Crippen LogP contribution >= 0.6 is 11.8 Å². The van der Waals surface area contributed by atoms with Gasteiger partial charge in [0.1, 0.15) is 18.5 Å². The molecule has 2 aromatic carbocycles. The van der Waals surface area contributed by atoms with Gasteiger partial charge in [0.25, 0.3) is 5.56 Å². The molecule has 2 heterocycles. The number of aryl methyl sites for hydroxylation is 1. The fourth-order valence-electron chi connectivity index (χ4n) is 3.40. The molecule has 1 unspecified atom stereocenters. The minimum Gasteiger partial charge on any atom is -0.490 e. The van der Waals surface area contributed by atoms with E-state index in [1.807, 2.05) is 42.5 Å². The van der Waals surface area contributed by atoms with Gasteiger partial charge >= 0.3 is 5.69 Å². The number of hydrogen-bond donors (Lipinski definition) is 3. The number of imidazole rings is 1. The number of benzene rings is 2. The molecule has 0 saturated carbocycles. The Morgan fingerprint density at radius 3 is 2.77 bits per heavy atom. The van der Waals surface area contributed by atoms with E-state index in [0.717, 1.165) is 10.8 Å². The van der Waals surface area contributed by atoms with E-state index in [1.165, 1.54) is 23.4 Å². The molecule has 0 aliphatic rings. The first kappa shape index (κ1) is 21.2. The fourth-order valence-corrected chi connectivity index (χ4v) is 4.15. The lowest BCUT2D eigenvalue weighted by Gasteiger charge is -2.16. The van der Waals surface area contributed by atoms with E-state index in [9.17, 15) is 19.8 Å². The highest BCUT2D eigenvalue weighted by atomic mass is 32.2. The molecule has 3 N–H and O–H groups in total. The van der Waals surface area contributed by atoms with E-state index in [-0.39, 0.29) is 30.9 Å². The summed E-state index contributed by atoms with van der Waals surface area (Å²) in [7, 11) is 1.51. The second-order valence-corrected chi connectivity index (χ2v) is 8.07. The highest BCUT2D eigenvalue weighted by Crippen LogP contribution is 2.26. The number of aromatic amines is 1. The molecular weight excluding hydrogens is 420 g/mol. The standard InChI is InChI=1S/C21H22N4O5S/c1-24-18-17(19(28)23-20(24)29)25(21(22-18)31-10-9-26)11-14(27)12-30-16-8-4-6-13-5-2-3-7-15(13)16/h2-8,14,26-27H,9-12H2,1H3,(H,23,28,29). The molecule has 0 aliphatic carbocycles. The fraction of sp³-hybridized carbons (Fsp3) is 0.286. The molecule has 10 heteroatoms. The van der Waals surface area contributed by atoms with Crippen LogP contribution in [0.4, 0.5) is 0 Å². The molecule has 0 amide bonds. The first-order valence-corrected chi connectivity index (χ1v) is 10.7. The number of rotatable bonds is 8. The first-order chi connectivity index (χ1) is 15.0. The zero-order chi connectivity index (χ0) is 22.0. The molecule has 4 aromatic rings. The maximum atomic E-state index is 12.5. The van der Waals surface area contributed by atoms with Crippen molar-refractivity contribution in [3.05, 3.63) is 63.3 Å². The molecule has 162 valence electrons.